The van der Waals surface area contributed by atoms with Crippen LogP contribution in [0.2, 0.25) is 0 Å². The van der Waals surface area contributed by atoms with Gasteiger partial charge in [0.25, 0.3) is 5.67 Å². The summed E-state index contributed by atoms with van der Waals surface area (Å²) in [5.74, 6) is 0.592. The van der Waals surface area contributed by atoms with Crippen molar-refractivity contribution >= 4 is 45.2 Å². The van der Waals surface area contributed by atoms with Crippen LogP contribution < -0.4 is 10.4 Å². The summed E-state index contributed by atoms with van der Waals surface area (Å²) in [6, 6.07) is 7.68. The van der Waals surface area contributed by atoms with Crippen LogP contribution in [0.4, 0.5) is 0 Å². The molecule has 0 aliphatic carbocycles. The number of aromatic nitrogens is 2. The van der Waals surface area contributed by atoms with E-state index in [1.165, 1.54) is 11.8 Å². The highest BCUT2D eigenvalue weighted by atomic mass is 35.5. The van der Waals surface area contributed by atoms with Crippen LogP contribution >= 0.6 is 23.4 Å². The molecule has 0 saturated carbocycles. The minimum absolute atomic E-state index is 0.265. The second-order valence-electron chi connectivity index (χ2n) is 3.83. The number of halogens is 1. The Morgan fingerprint density at radius 1 is 1.60 bits per heavy atom. The normalized spacial score (nSPS) is 9.80. The average molecular weight is 305 g/mol. The minimum atomic E-state index is 0.265. The van der Waals surface area contributed by atoms with Gasteiger partial charge in [0.2, 0.25) is 0 Å². The van der Waals surface area contributed by atoms with Gasteiger partial charge in [-0.15, -0.1) is 0 Å². The smallest absolute Gasteiger partial charge is 0.267 e. The highest BCUT2D eigenvalue weighted by Gasteiger charge is 2.10. The number of nitrogens with zero attached hydrogens (tertiary/aromatic N) is 4. The zero-order valence-corrected chi connectivity index (χ0v) is 12.0. The summed E-state index contributed by atoms with van der Waals surface area (Å²) in [7, 11) is 0. The van der Waals surface area contributed by atoms with E-state index in [1.54, 1.807) is 6.20 Å². The van der Waals surface area contributed by atoms with Gasteiger partial charge in [-0.25, -0.2) is 0 Å². The summed E-state index contributed by atoms with van der Waals surface area (Å²) >= 11 is 6.73. The van der Waals surface area contributed by atoms with E-state index in [-0.39, 0.29) is 6.42 Å². The predicted molar refractivity (Wildman–Crippen MR) is 83.4 cm³/mol. The highest BCUT2D eigenvalue weighted by Crippen LogP contribution is 2.20. The first kappa shape index (κ1) is 14.4. The number of hydrogen-bond acceptors (Lipinski definition) is 4. The SMILES string of the molecule is N#CCc1cc(CSC(N)=[N+]=CCl)c2ncccc2n1. The molecule has 0 aliphatic rings. The lowest BCUT2D eigenvalue weighted by molar-refractivity contribution is 1.12. The maximum absolute atomic E-state index is 8.80. The van der Waals surface area contributed by atoms with Crippen LogP contribution in [0.3, 0.4) is 0 Å². The van der Waals surface area contributed by atoms with Crippen molar-refractivity contribution in [3.05, 3.63) is 35.7 Å². The number of rotatable bonds is 3. The molecular formula is C13H11ClN5S+. The lowest BCUT2D eigenvalue weighted by Gasteiger charge is -2.05. The van der Waals surface area contributed by atoms with Crippen LogP contribution in [-0.4, -0.2) is 20.8 Å². The summed E-state index contributed by atoms with van der Waals surface area (Å²) < 4.78 is 3.79. The Hall–Kier alpha value is -2.06. The highest BCUT2D eigenvalue weighted by molar-refractivity contribution is 8.13. The van der Waals surface area contributed by atoms with Crippen molar-refractivity contribution in [2.24, 2.45) is 5.73 Å². The summed E-state index contributed by atoms with van der Waals surface area (Å²) in [4.78, 5) is 8.74. The Kier molecular flexibility index (Phi) is 4.97. The largest absolute Gasteiger partial charge is 0.403 e. The van der Waals surface area contributed by atoms with E-state index in [0.29, 0.717) is 10.9 Å². The maximum Gasteiger partial charge on any atom is 0.403 e. The molecule has 7 heteroatoms. The molecule has 0 atom stereocenters. The molecule has 0 bridgehead atoms. The van der Waals surface area contributed by atoms with Gasteiger partial charge in [-0.3, -0.25) is 15.7 Å². The Balaban J connectivity index is 2.39. The van der Waals surface area contributed by atoms with E-state index in [9.17, 15) is 0 Å². The number of amidine groups is 1. The molecule has 20 heavy (non-hydrogen) atoms. The van der Waals surface area contributed by atoms with E-state index < -0.39 is 0 Å². The van der Waals surface area contributed by atoms with Gasteiger partial charge in [0, 0.05) is 11.9 Å². The second-order valence-corrected chi connectivity index (χ2v) is 5.02. The van der Waals surface area contributed by atoms with Gasteiger partial charge in [0.15, 0.2) is 0 Å². The van der Waals surface area contributed by atoms with E-state index in [0.717, 1.165) is 28.0 Å². The fourth-order valence-corrected chi connectivity index (χ4v) is 2.52. The maximum atomic E-state index is 8.80. The molecule has 2 aromatic heterocycles. The molecule has 2 N–H and O–H groups in total. The lowest BCUT2D eigenvalue weighted by atomic mass is 10.1. The molecule has 0 amide bonds. The number of fused-ring (bicyclic) bond motifs is 1. The molecular weight excluding hydrogens is 294 g/mol. The second kappa shape index (κ2) is 6.92. The summed E-state index contributed by atoms with van der Waals surface area (Å²) in [5, 5.41) is 9.18. The number of nitriles is 1. The van der Waals surface area contributed by atoms with Crippen molar-refractivity contribution in [2.45, 2.75) is 12.2 Å². The van der Waals surface area contributed by atoms with E-state index in [2.05, 4.69) is 20.7 Å². The summed E-state index contributed by atoms with van der Waals surface area (Å²) in [6.45, 7) is 0. The Bertz CT molecular complexity index is 731. The average Bonchev–Trinajstić information content (AvgIpc) is 2.45. The van der Waals surface area contributed by atoms with E-state index >= 15 is 0 Å². The third kappa shape index (κ3) is 3.49. The molecule has 0 saturated heterocycles. The fraction of sp³-hybridized carbons (Fsp3) is 0.154. The van der Waals surface area contributed by atoms with Crippen molar-refractivity contribution in [2.75, 3.05) is 0 Å². The Morgan fingerprint density at radius 2 is 2.45 bits per heavy atom. The van der Waals surface area contributed by atoms with Gasteiger partial charge in [-0.05, 0) is 47.1 Å². The third-order valence-electron chi connectivity index (χ3n) is 2.51. The Labute approximate surface area is 125 Å². The molecule has 100 valence electrons. The number of pyridine rings is 2. The molecule has 0 aromatic carbocycles. The van der Waals surface area contributed by atoms with Crippen molar-refractivity contribution in [1.82, 2.24) is 14.6 Å². The van der Waals surface area contributed by atoms with Gasteiger partial charge >= 0.3 is 5.17 Å². The van der Waals surface area contributed by atoms with Gasteiger partial charge < -0.3 is 0 Å². The third-order valence-corrected chi connectivity index (χ3v) is 3.46. The first-order chi connectivity index (χ1) is 9.74. The minimum Gasteiger partial charge on any atom is -0.267 e. The number of thioether (sulfide) groups is 1. The molecule has 2 rings (SSSR count). The van der Waals surface area contributed by atoms with Gasteiger partial charge in [-0.1, -0.05) is 0 Å². The van der Waals surface area contributed by atoms with Crippen LogP contribution in [-0.2, 0) is 12.2 Å². The first-order valence-electron chi connectivity index (χ1n) is 5.73. The van der Waals surface area contributed by atoms with Crippen molar-refractivity contribution < 1.29 is 0 Å². The quantitative estimate of drug-likeness (QED) is 0.528. The fourth-order valence-electron chi connectivity index (χ4n) is 1.71. The molecule has 0 aliphatic heterocycles. The molecule has 2 aromatic rings. The molecule has 0 unspecified atom stereocenters. The molecule has 2 heterocycles. The summed E-state index contributed by atoms with van der Waals surface area (Å²) in [5.41, 5.74) is 10.1. The number of hydrogen-bond donors (Lipinski definition) is 1. The lowest BCUT2D eigenvalue weighted by Crippen LogP contribution is -2.10. The van der Waals surface area contributed by atoms with Crippen LogP contribution in [0.1, 0.15) is 11.3 Å². The zero-order valence-electron chi connectivity index (χ0n) is 10.5. The topological polar surface area (TPSA) is 89.7 Å². The number of nitrogens with two attached hydrogens (primary N) is 1. The molecule has 0 radical (unpaired) electrons. The van der Waals surface area contributed by atoms with Crippen LogP contribution in [0.15, 0.2) is 24.4 Å². The van der Waals surface area contributed by atoms with Gasteiger partial charge in [-0.2, -0.15) is 9.93 Å². The zero-order chi connectivity index (χ0) is 14.4. The van der Waals surface area contributed by atoms with Crippen LogP contribution in [0, 0.1) is 11.3 Å². The standard InChI is InChI=1S/C13H10ClN5S/c14-8-18-13(16)20-7-9-6-10(3-4-15)19-11-2-1-5-17-12(9)11/h1-2,5-6,8,16H,3,7H2/p+1. The van der Waals surface area contributed by atoms with E-state index in [1.807, 2.05) is 18.2 Å². The van der Waals surface area contributed by atoms with Gasteiger partial charge in [0.1, 0.15) is 0 Å². The first-order valence-corrected chi connectivity index (χ1v) is 7.15. The van der Waals surface area contributed by atoms with Crippen molar-refractivity contribution in [1.29, 1.82) is 5.26 Å². The monoisotopic (exact) mass is 304 g/mol. The molecule has 5 nitrogen and oxygen atoms in total. The van der Waals surface area contributed by atoms with Crippen molar-refractivity contribution in [3.63, 3.8) is 0 Å². The van der Waals surface area contributed by atoms with Crippen LogP contribution in [0.25, 0.3) is 11.0 Å². The predicted octanol–water partition coefficient (Wildman–Crippen LogP) is 1.58. The summed E-state index contributed by atoms with van der Waals surface area (Å²) in [6.07, 6.45) is 1.98. The Morgan fingerprint density at radius 3 is 3.20 bits per heavy atom. The van der Waals surface area contributed by atoms with E-state index in [4.69, 9.17) is 22.6 Å². The molecule has 0 fully saturated rings. The van der Waals surface area contributed by atoms with Gasteiger partial charge in [0.05, 0.1) is 29.2 Å². The van der Waals surface area contributed by atoms with Crippen molar-refractivity contribution in [3.8, 4) is 6.07 Å². The molecule has 0 spiro atoms. The van der Waals surface area contributed by atoms with Crippen LogP contribution in [0.5, 0.6) is 0 Å².